The van der Waals surface area contributed by atoms with E-state index in [9.17, 15) is 19.8 Å². The van der Waals surface area contributed by atoms with E-state index in [4.69, 9.17) is 16.3 Å². The fourth-order valence-corrected chi connectivity index (χ4v) is 3.23. The summed E-state index contributed by atoms with van der Waals surface area (Å²) in [5.74, 6) is -2.37. The highest BCUT2D eigenvalue weighted by Crippen LogP contribution is 2.42. The summed E-state index contributed by atoms with van der Waals surface area (Å²) in [4.78, 5) is 28.9. The van der Waals surface area contributed by atoms with Crippen molar-refractivity contribution in [3.63, 3.8) is 0 Å². The lowest BCUT2D eigenvalue weighted by Gasteiger charge is -2.20. The van der Waals surface area contributed by atoms with Gasteiger partial charge in [-0.1, -0.05) is 17.7 Å². The van der Waals surface area contributed by atoms with E-state index >= 15 is 0 Å². The largest absolute Gasteiger partial charge is 0.508 e. The quantitative estimate of drug-likeness (QED) is 0.468. The van der Waals surface area contributed by atoms with E-state index in [2.05, 4.69) is 4.98 Å². The van der Waals surface area contributed by atoms with Gasteiger partial charge in [0, 0.05) is 34.5 Å². The molecule has 7 heteroatoms. The van der Waals surface area contributed by atoms with E-state index in [1.807, 2.05) is 0 Å². The SMILES string of the molecule is COC(=O)C[C@H](c1cccnc1)c1c(O)ccc(C(=O)c2ccc(Cl)cc2)c1O. The minimum atomic E-state index is -0.755. The van der Waals surface area contributed by atoms with Crippen LogP contribution in [0.5, 0.6) is 11.5 Å². The van der Waals surface area contributed by atoms with Crippen LogP contribution in [-0.4, -0.2) is 34.1 Å². The minimum Gasteiger partial charge on any atom is -0.508 e. The summed E-state index contributed by atoms with van der Waals surface area (Å²) in [5.41, 5.74) is 0.967. The zero-order chi connectivity index (χ0) is 21.0. The summed E-state index contributed by atoms with van der Waals surface area (Å²) in [6.07, 6.45) is 2.95. The Morgan fingerprint density at radius 3 is 2.45 bits per heavy atom. The van der Waals surface area contributed by atoms with Crippen LogP contribution in [0, 0.1) is 0 Å². The van der Waals surface area contributed by atoms with Crippen LogP contribution < -0.4 is 0 Å². The van der Waals surface area contributed by atoms with Crippen molar-refractivity contribution >= 4 is 23.4 Å². The number of nitrogens with zero attached hydrogens (tertiary/aromatic N) is 1. The second kappa shape index (κ2) is 8.75. The summed E-state index contributed by atoms with van der Waals surface area (Å²) in [6.45, 7) is 0. The van der Waals surface area contributed by atoms with Crippen LogP contribution in [0.25, 0.3) is 0 Å². The molecule has 0 saturated heterocycles. The van der Waals surface area contributed by atoms with Gasteiger partial charge in [-0.15, -0.1) is 0 Å². The zero-order valence-corrected chi connectivity index (χ0v) is 16.3. The number of ether oxygens (including phenoxy) is 1. The maximum absolute atomic E-state index is 12.9. The lowest BCUT2D eigenvalue weighted by molar-refractivity contribution is -0.140. The first-order valence-corrected chi connectivity index (χ1v) is 9.12. The third kappa shape index (κ3) is 4.38. The Labute approximate surface area is 172 Å². The van der Waals surface area contributed by atoms with Crippen molar-refractivity contribution in [2.75, 3.05) is 7.11 Å². The molecule has 1 aromatic heterocycles. The number of carbonyl (C=O) groups is 2. The average Bonchev–Trinajstić information content (AvgIpc) is 2.73. The van der Waals surface area contributed by atoms with Crippen molar-refractivity contribution in [3.05, 3.63) is 88.2 Å². The summed E-state index contributed by atoms with van der Waals surface area (Å²) < 4.78 is 4.76. The van der Waals surface area contributed by atoms with Gasteiger partial charge in [-0.25, -0.2) is 0 Å². The predicted octanol–water partition coefficient (Wildman–Crippen LogP) is 4.07. The highest BCUT2D eigenvalue weighted by atomic mass is 35.5. The second-order valence-electron chi connectivity index (χ2n) is 6.35. The molecular weight excluding hydrogens is 394 g/mol. The third-order valence-electron chi connectivity index (χ3n) is 4.58. The van der Waals surface area contributed by atoms with Gasteiger partial charge in [0.1, 0.15) is 11.5 Å². The molecule has 2 aromatic carbocycles. The van der Waals surface area contributed by atoms with Gasteiger partial charge in [0.15, 0.2) is 5.78 Å². The normalized spacial score (nSPS) is 11.7. The van der Waals surface area contributed by atoms with Crippen molar-refractivity contribution in [2.24, 2.45) is 0 Å². The maximum atomic E-state index is 12.9. The molecule has 0 saturated carbocycles. The first-order valence-electron chi connectivity index (χ1n) is 8.74. The molecule has 2 N–H and O–H groups in total. The fraction of sp³-hybridized carbons (Fsp3) is 0.136. The maximum Gasteiger partial charge on any atom is 0.306 e. The highest BCUT2D eigenvalue weighted by molar-refractivity contribution is 6.30. The molecule has 6 nitrogen and oxygen atoms in total. The molecule has 0 aliphatic heterocycles. The van der Waals surface area contributed by atoms with Crippen LogP contribution in [0.2, 0.25) is 5.02 Å². The Kier molecular flexibility index (Phi) is 6.14. The van der Waals surface area contributed by atoms with Gasteiger partial charge in [-0.2, -0.15) is 0 Å². The number of esters is 1. The van der Waals surface area contributed by atoms with Crippen molar-refractivity contribution in [1.82, 2.24) is 4.98 Å². The summed E-state index contributed by atoms with van der Waals surface area (Å²) >= 11 is 5.87. The van der Waals surface area contributed by atoms with E-state index < -0.39 is 23.4 Å². The summed E-state index contributed by atoms with van der Waals surface area (Å²) in [5, 5.41) is 21.8. The Morgan fingerprint density at radius 1 is 1.10 bits per heavy atom. The van der Waals surface area contributed by atoms with Crippen molar-refractivity contribution in [1.29, 1.82) is 0 Å². The number of benzene rings is 2. The molecule has 0 radical (unpaired) electrons. The van der Waals surface area contributed by atoms with Gasteiger partial charge in [0.25, 0.3) is 0 Å². The molecule has 3 rings (SSSR count). The number of methoxy groups -OCH3 is 1. The number of aromatic hydroxyl groups is 2. The lowest BCUT2D eigenvalue weighted by atomic mass is 9.86. The topological polar surface area (TPSA) is 96.7 Å². The van der Waals surface area contributed by atoms with Crippen LogP contribution in [0.3, 0.4) is 0 Å². The number of carbonyl (C=O) groups excluding carboxylic acids is 2. The van der Waals surface area contributed by atoms with Crippen molar-refractivity contribution in [2.45, 2.75) is 12.3 Å². The molecule has 3 aromatic rings. The molecule has 0 fully saturated rings. The highest BCUT2D eigenvalue weighted by Gasteiger charge is 2.28. The van der Waals surface area contributed by atoms with Crippen LogP contribution in [0.4, 0.5) is 0 Å². The number of halogens is 1. The van der Waals surface area contributed by atoms with Gasteiger partial charge in [0.2, 0.25) is 0 Å². The third-order valence-corrected chi connectivity index (χ3v) is 4.83. The molecule has 0 spiro atoms. The van der Waals surface area contributed by atoms with Crippen LogP contribution in [-0.2, 0) is 9.53 Å². The molecule has 0 amide bonds. The molecule has 0 aliphatic carbocycles. The Hall–Kier alpha value is -3.38. The van der Waals surface area contributed by atoms with Gasteiger partial charge in [0.05, 0.1) is 19.1 Å². The minimum absolute atomic E-state index is 0.00104. The van der Waals surface area contributed by atoms with Crippen LogP contribution in [0.15, 0.2) is 60.9 Å². The number of aromatic nitrogens is 1. The molecule has 1 atom stereocenters. The van der Waals surface area contributed by atoms with E-state index in [0.717, 1.165) is 0 Å². The molecule has 29 heavy (non-hydrogen) atoms. The molecule has 0 bridgehead atoms. The first kappa shape index (κ1) is 20.4. The Balaban J connectivity index is 2.11. The van der Waals surface area contributed by atoms with Crippen molar-refractivity contribution in [3.8, 4) is 11.5 Å². The smallest absolute Gasteiger partial charge is 0.306 e. The van der Waals surface area contributed by atoms with E-state index in [1.54, 1.807) is 42.6 Å². The number of phenolic OH excluding ortho intramolecular Hbond substituents is 2. The first-order chi connectivity index (χ1) is 13.9. The predicted molar refractivity (Wildman–Crippen MR) is 107 cm³/mol. The summed E-state index contributed by atoms with van der Waals surface area (Å²) in [7, 11) is 1.25. The van der Waals surface area contributed by atoms with Gasteiger partial charge in [-0.05, 0) is 48.0 Å². The number of pyridine rings is 1. The van der Waals surface area contributed by atoms with E-state index in [-0.39, 0.29) is 23.3 Å². The molecule has 0 aliphatic rings. The van der Waals surface area contributed by atoms with Crippen LogP contribution >= 0.6 is 11.6 Å². The summed E-state index contributed by atoms with van der Waals surface area (Å²) in [6, 6.07) is 12.3. The fourth-order valence-electron chi connectivity index (χ4n) is 3.10. The number of rotatable bonds is 6. The van der Waals surface area contributed by atoms with Gasteiger partial charge >= 0.3 is 5.97 Å². The number of phenols is 2. The zero-order valence-electron chi connectivity index (χ0n) is 15.5. The standard InChI is InChI=1S/C22H18ClNO5/c1-29-19(26)11-17(14-3-2-10-24-12-14)20-18(25)9-8-16(22(20)28)21(27)13-4-6-15(23)7-5-13/h2-10,12,17,25,28H,11H2,1H3/t17-/m1/s1. The molecular formula is C22H18ClNO5. The van der Waals surface area contributed by atoms with E-state index in [1.165, 1.54) is 25.4 Å². The van der Waals surface area contributed by atoms with Gasteiger partial charge < -0.3 is 14.9 Å². The molecule has 148 valence electrons. The average molecular weight is 412 g/mol. The number of hydrogen-bond acceptors (Lipinski definition) is 6. The molecule has 0 unspecified atom stereocenters. The second-order valence-corrected chi connectivity index (χ2v) is 6.79. The van der Waals surface area contributed by atoms with Crippen molar-refractivity contribution < 1.29 is 24.5 Å². The van der Waals surface area contributed by atoms with Gasteiger partial charge in [-0.3, -0.25) is 14.6 Å². The van der Waals surface area contributed by atoms with E-state index in [0.29, 0.717) is 16.1 Å². The number of ketones is 1. The monoisotopic (exact) mass is 411 g/mol. The Morgan fingerprint density at radius 2 is 1.83 bits per heavy atom. The Bertz CT molecular complexity index is 1040. The lowest BCUT2D eigenvalue weighted by Crippen LogP contribution is -2.12. The van der Waals surface area contributed by atoms with Crippen LogP contribution in [0.1, 0.15) is 39.4 Å². The molecule has 1 heterocycles. The number of hydrogen-bond donors (Lipinski definition) is 2.